The average molecular weight is 326 g/mol. The van der Waals surface area contributed by atoms with Crippen molar-refractivity contribution >= 4 is 11.6 Å². The highest BCUT2D eigenvalue weighted by Gasteiger charge is 2.30. The molecule has 1 N–H and O–H groups in total. The molecule has 0 atom stereocenters. The zero-order valence-corrected chi connectivity index (χ0v) is 14.2. The van der Waals surface area contributed by atoms with Crippen LogP contribution >= 0.6 is 0 Å². The molecule has 1 aliphatic rings. The maximum Gasteiger partial charge on any atom is 0.238 e. The zero-order chi connectivity index (χ0) is 17.1. The molecule has 1 fully saturated rings. The van der Waals surface area contributed by atoms with Gasteiger partial charge >= 0.3 is 0 Å². The topological polar surface area (TPSA) is 32.3 Å². The van der Waals surface area contributed by atoms with Crippen molar-refractivity contribution in [3.63, 3.8) is 0 Å². The molecular formula is C20H23FN2O. The van der Waals surface area contributed by atoms with Gasteiger partial charge in [0.25, 0.3) is 0 Å². The molecule has 0 saturated heterocycles. The van der Waals surface area contributed by atoms with E-state index in [1.54, 1.807) is 12.1 Å². The first-order chi connectivity index (χ1) is 11.5. The number of halogens is 1. The highest BCUT2D eigenvalue weighted by molar-refractivity contribution is 5.92. The molecule has 126 valence electrons. The van der Waals surface area contributed by atoms with Crippen LogP contribution in [0.4, 0.5) is 10.1 Å². The third kappa shape index (κ3) is 4.65. The second-order valence-corrected chi connectivity index (χ2v) is 6.69. The Morgan fingerprint density at radius 1 is 1.12 bits per heavy atom. The predicted molar refractivity (Wildman–Crippen MR) is 94.4 cm³/mol. The Labute approximate surface area is 142 Å². The Hall–Kier alpha value is -2.20. The smallest absolute Gasteiger partial charge is 0.238 e. The molecule has 2 aromatic rings. The number of nitrogens with zero attached hydrogens (tertiary/aromatic N) is 1. The highest BCUT2D eigenvalue weighted by Crippen LogP contribution is 2.28. The van der Waals surface area contributed by atoms with Gasteiger partial charge in [-0.3, -0.25) is 9.69 Å². The fourth-order valence-corrected chi connectivity index (χ4v) is 3.01. The fraction of sp³-hybridized carbons (Fsp3) is 0.350. The van der Waals surface area contributed by atoms with Crippen molar-refractivity contribution in [3.05, 3.63) is 65.0 Å². The van der Waals surface area contributed by atoms with E-state index in [9.17, 15) is 9.18 Å². The third-order valence-corrected chi connectivity index (χ3v) is 4.21. The van der Waals surface area contributed by atoms with Crippen molar-refractivity contribution in [1.29, 1.82) is 0 Å². The number of amides is 1. The summed E-state index contributed by atoms with van der Waals surface area (Å²) in [5.41, 5.74) is 4.14. The van der Waals surface area contributed by atoms with E-state index in [0.29, 0.717) is 19.1 Å². The highest BCUT2D eigenvalue weighted by atomic mass is 19.1. The summed E-state index contributed by atoms with van der Waals surface area (Å²) in [6.07, 6.45) is 2.25. The average Bonchev–Trinajstić information content (AvgIpc) is 3.32. The third-order valence-electron chi connectivity index (χ3n) is 4.21. The van der Waals surface area contributed by atoms with Crippen molar-refractivity contribution in [2.24, 2.45) is 0 Å². The number of aryl methyl sites for hydroxylation is 2. The maximum atomic E-state index is 13.0. The maximum absolute atomic E-state index is 13.0. The number of benzene rings is 2. The molecule has 3 nitrogen and oxygen atoms in total. The quantitative estimate of drug-likeness (QED) is 0.869. The molecule has 1 saturated carbocycles. The molecule has 24 heavy (non-hydrogen) atoms. The van der Waals surface area contributed by atoms with Gasteiger partial charge in [-0.2, -0.15) is 0 Å². The molecular weight excluding hydrogens is 303 g/mol. The van der Waals surface area contributed by atoms with Crippen LogP contribution in [0, 0.1) is 19.7 Å². The molecule has 0 spiro atoms. The van der Waals surface area contributed by atoms with Crippen molar-refractivity contribution in [2.75, 3.05) is 11.9 Å². The molecule has 1 amide bonds. The number of anilines is 1. The van der Waals surface area contributed by atoms with E-state index in [4.69, 9.17) is 0 Å². The molecule has 3 rings (SSSR count). The van der Waals surface area contributed by atoms with E-state index in [0.717, 1.165) is 35.2 Å². The number of hydrogen-bond donors (Lipinski definition) is 1. The second-order valence-electron chi connectivity index (χ2n) is 6.69. The van der Waals surface area contributed by atoms with Gasteiger partial charge < -0.3 is 5.32 Å². The van der Waals surface area contributed by atoms with Crippen LogP contribution in [0.25, 0.3) is 0 Å². The fourth-order valence-electron chi connectivity index (χ4n) is 3.01. The van der Waals surface area contributed by atoms with Gasteiger partial charge in [0.2, 0.25) is 5.91 Å². The number of carbonyl (C=O) groups excluding carboxylic acids is 1. The molecule has 0 aromatic heterocycles. The normalized spacial score (nSPS) is 14.0. The first kappa shape index (κ1) is 16.7. The summed E-state index contributed by atoms with van der Waals surface area (Å²) in [5, 5.41) is 2.99. The molecule has 1 aliphatic carbocycles. The minimum absolute atomic E-state index is 0.00554. The molecule has 0 unspecified atom stereocenters. The van der Waals surface area contributed by atoms with Crippen molar-refractivity contribution in [2.45, 2.75) is 39.3 Å². The Morgan fingerprint density at radius 3 is 2.33 bits per heavy atom. The lowest BCUT2D eigenvalue weighted by atomic mass is 10.1. The molecule has 0 aliphatic heterocycles. The Balaban J connectivity index is 1.62. The lowest BCUT2D eigenvalue weighted by Gasteiger charge is -2.21. The van der Waals surface area contributed by atoms with Gasteiger partial charge in [-0.05, 0) is 67.6 Å². The second kappa shape index (κ2) is 7.14. The lowest BCUT2D eigenvalue weighted by molar-refractivity contribution is -0.117. The van der Waals surface area contributed by atoms with Gasteiger partial charge in [0, 0.05) is 18.3 Å². The van der Waals surface area contributed by atoms with E-state index in [1.165, 1.54) is 12.1 Å². The van der Waals surface area contributed by atoms with Crippen LogP contribution in [0.5, 0.6) is 0 Å². The van der Waals surface area contributed by atoms with Gasteiger partial charge in [0.15, 0.2) is 0 Å². The van der Waals surface area contributed by atoms with Gasteiger partial charge in [0.1, 0.15) is 5.82 Å². The Kier molecular flexibility index (Phi) is 4.95. The summed E-state index contributed by atoms with van der Waals surface area (Å²) in [4.78, 5) is 14.6. The number of carbonyl (C=O) groups is 1. The Morgan fingerprint density at radius 2 is 1.75 bits per heavy atom. The monoisotopic (exact) mass is 326 g/mol. The van der Waals surface area contributed by atoms with E-state index in [2.05, 4.69) is 16.3 Å². The van der Waals surface area contributed by atoms with E-state index in [1.807, 2.05) is 26.0 Å². The minimum Gasteiger partial charge on any atom is -0.325 e. The molecule has 0 bridgehead atoms. The summed E-state index contributed by atoms with van der Waals surface area (Å²) in [5.74, 6) is -0.238. The van der Waals surface area contributed by atoms with Crippen molar-refractivity contribution < 1.29 is 9.18 Å². The van der Waals surface area contributed by atoms with Crippen LogP contribution in [0.1, 0.15) is 29.5 Å². The van der Waals surface area contributed by atoms with Crippen LogP contribution < -0.4 is 5.32 Å². The van der Waals surface area contributed by atoms with E-state index in [-0.39, 0.29) is 11.7 Å². The molecule has 4 heteroatoms. The van der Waals surface area contributed by atoms with E-state index < -0.39 is 0 Å². The van der Waals surface area contributed by atoms with Gasteiger partial charge in [0.05, 0.1) is 6.54 Å². The van der Waals surface area contributed by atoms with Crippen LogP contribution in [0.2, 0.25) is 0 Å². The first-order valence-electron chi connectivity index (χ1n) is 8.36. The van der Waals surface area contributed by atoms with Gasteiger partial charge in [-0.15, -0.1) is 0 Å². The molecule has 0 heterocycles. The van der Waals surface area contributed by atoms with Crippen LogP contribution in [-0.4, -0.2) is 23.4 Å². The standard InChI is InChI=1S/C20H23FN2O/c1-14-9-15(2)11-18(10-14)22-20(24)13-23(19-7-8-19)12-16-3-5-17(21)6-4-16/h3-6,9-11,19H,7-8,12-13H2,1-2H3,(H,22,24). The summed E-state index contributed by atoms with van der Waals surface area (Å²) in [6, 6.07) is 13.0. The molecule has 2 aromatic carbocycles. The number of rotatable bonds is 6. The summed E-state index contributed by atoms with van der Waals surface area (Å²) < 4.78 is 13.0. The lowest BCUT2D eigenvalue weighted by Crippen LogP contribution is -2.34. The van der Waals surface area contributed by atoms with Gasteiger partial charge in [-0.25, -0.2) is 4.39 Å². The predicted octanol–water partition coefficient (Wildman–Crippen LogP) is 4.05. The largest absolute Gasteiger partial charge is 0.325 e. The summed E-state index contributed by atoms with van der Waals surface area (Å²) in [7, 11) is 0. The van der Waals surface area contributed by atoms with Gasteiger partial charge in [-0.1, -0.05) is 18.2 Å². The van der Waals surface area contributed by atoms with Crippen molar-refractivity contribution in [1.82, 2.24) is 4.90 Å². The van der Waals surface area contributed by atoms with Crippen LogP contribution in [-0.2, 0) is 11.3 Å². The van der Waals surface area contributed by atoms with E-state index >= 15 is 0 Å². The zero-order valence-electron chi connectivity index (χ0n) is 14.2. The van der Waals surface area contributed by atoms with Crippen LogP contribution in [0.3, 0.4) is 0 Å². The summed E-state index contributed by atoms with van der Waals surface area (Å²) in [6.45, 7) is 5.07. The number of nitrogens with one attached hydrogen (secondary N) is 1. The molecule has 0 radical (unpaired) electrons. The summed E-state index contributed by atoms with van der Waals surface area (Å²) >= 11 is 0. The first-order valence-corrected chi connectivity index (χ1v) is 8.36. The Bertz CT molecular complexity index is 703. The SMILES string of the molecule is Cc1cc(C)cc(NC(=O)CN(Cc2ccc(F)cc2)C2CC2)c1. The van der Waals surface area contributed by atoms with Crippen molar-refractivity contribution in [3.8, 4) is 0 Å². The number of hydrogen-bond acceptors (Lipinski definition) is 2. The minimum atomic E-state index is -0.232. The van der Waals surface area contributed by atoms with Crippen LogP contribution in [0.15, 0.2) is 42.5 Å².